The zero-order valence-electron chi connectivity index (χ0n) is 12.3. The Morgan fingerprint density at radius 1 is 1.37 bits per heavy atom. The van der Waals surface area contributed by atoms with Gasteiger partial charge < -0.3 is 15.4 Å². The highest BCUT2D eigenvalue weighted by atomic mass is 16.5. The Bertz CT molecular complexity index is 308. The van der Waals surface area contributed by atoms with Crippen LogP contribution in [0, 0.1) is 5.92 Å². The van der Waals surface area contributed by atoms with E-state index in [0.29, 0.717) is 25.2 Å². The second-order valence-electron chi connectivity index (χ2n) is 5.23. The van der Waals surface area contributed by atoms with Gasteiger partial charge in [-0.05, 0) is 44.7 Å². The van der Waals surface area contributed by atoms with Crippen LogP contribution in [0.4, 0.5) is 0 Å². The maximum Gasteiger partial charge on any atom is 0.331 e. The van der Waals surface area contributed by atoms with E-state index in [0.717, 1.165) is 25.9 Å². The second kappa shape index (κ2) is 7.48. The fourth-order valence-electron chi connectivity index (χ4n) is 2.59. The van der Waals surface area contributed by atoms with E-state index in [2.05, 4.69) is 10.6 Å². The Morgan fingerprint density at radius 2 is 2.05 bits per heavy atom. The molecule has 0 radical (unpaired) electrons. The molecule has 0 aliphatic carbocycles. The number of methoxy groups -OCH3 is 1. The molecule has 1 atom stereocenters. The van der Waals surface area contributed by atoms with E-state index in [1.54, 1.807) is 0 Å². The molecule has 1 aliphatic heterocycles. The summed E-state index contributed by atoms with van der Waals surface area (Å²) in [5.74, 6) is 0.177. The summed E-state index contributed by atoms with van der Waals surface area (Å²) in [7, 11) is 1.36. The minimum absolute atomic E-state index is 0.0546. The van der Waals surface area contributed by atoms with E-state index in [1.807, 2.05) is 13.8 Å². The molecule has 2 N–H and O–H groups in total. The Hall–Kier alpha value is -1.10. The van der Waals surface area contributed by atoms with E-state index in [1.165, 1.54) is 7.11 Å². The molecule has 1 amide bonds. The van der Waals surface area contributed by atoms with Gasteiger partial charge in [-0.3, -0.25) is 4.79 Å². The largest absolute Gasteiger partial charge is 0.467 e. The van der Waals surface area contributed by atoms with E-state index >= 15 is 0 Å². The average Bonchev–Trinajstić information content (AvgIpc) is 2.95. The molecule has 0 aromatic rings. The van der Waals surface area contributed by atoms with Gasteiger partial charge in [0.1, 0.15) is 5.54 Å². The first-order chi connectivity index (χ1) is 9.07. The van der Waals surface area contributed by atoms with E-state index in [-0.39, 0.29) is 11.9 Å². The minimum atomic E-state index is -0.861. The Labute approximate surface area is 115 Å². The second-order valence-corrected chi connectivity index (χ2v) is 5.23. The van der Waals surface area contributed by atoms with Crippen molar-refractivity contribution in [1.82, 2.24) is 10.6 Å². The Balaban J connectivity index is 2.48. The number of ether oxygens (including phenoxy) is 1. The lowest BCUT2D eigenvalue weighted by atomic mass is 9.92. The molecule has 1 aliphatic rings. The van der Waals surface area contributed by atoms with Crippen LogP contribution >= 0.6 is 0 Å². The monoisotopic (exact) mass is 270 g/mol. The maximum absolute atomic E-state index is 12.0. The van der Waals surface area contributed by atoms with Crippen molar-refractivity contribution in [2.75, 3.05) is 20.2 Å². The SMILES string of the molecule is CCC(CC)(NC(=O)CCC1CCNC1)C(=O)OC. The van der Waals surface area contributed by atoms with Crippen LogP contribution in [0.25, 0.3) is 0 Å². The fourth-order valence-corrected chi connectivity index (χ4v) is 2.59. The van der Waals surface area contributed by atoms with Crippen molar-refractivity contribution in [3.05, 3.63) is 0 Å². The molecule has 0 spiro atoms. The summed E-state index contributed by atoms with van der Waals surface area (Å²) in [6, 6.07) is 0. The van der Waals surface area contributed by atoms with Crippen LogP contribution in [0.3, 0.4) is 0 Å². The number of nitrogens with one attached hydrogen (secondary N) is 2. The summed E-state index contributed by atoms with van der Waals surface area (Å²) < 4.78 is 4.81. The summed E-state index contributed by atoms with van der Waals surface area (Å²) in [6.07, 6.45) is 3.59. The van der Waals surface area contributed by atoms with Gasteiger partial charge >= 0.3 is 5.97 Å². The summed E-state index contributed by atoms with van der Waals surface area (Å²) in [6.45, 7) is 5.82. The number of esters is 1. The molecule has 1 saturated heterocycles. The summed E-state index contributed by atoms with van der Waals surface area (Å²) in [4.78, 5) is 23.9. The first-order valence-corrected chi connectivity index (χ1v) is 7.18. The lowest BCUT2D eigenvalue weighted by Crippen LogP contribution is -2.54. The number of carbonyl (C=O) groups is 2. The molecule has 0 bridgehead atoms. The van der Waals surface area contributed by atoms with Gasteiger partial charge in [-0.15, -0.1) is 0 Å². The van der Waals surface area contributed by atoms with Crippen molar-refractivity contribution in [2.45, 2.75) is 51.5 Å². The number of hydrogen-bond acceptors (Lipinski definition) is 4. The number of rotatable bonds is 7. The van der Waals surface area contributed by atoms with Crippen LogP contribution in [0.5, 0.6) is 0 Å². The third-order valence-electron chi connectivity index (χ3n) is 4.10. The van der Waals surface area contributed by atoms with Gasteiger partial charge in [0.2, 0.25) is 5.91 Å². The molecule has 1 unspecified atom stereocenters. The van der Waals surface area contributed by atoms with Crippen molar-refractivity contribution >= 4 is 11.9 Å². The zero-order valence-corrected chi connectivity index (χ0v) is 12.3. The Morgan fingerprint density at radius 3 is 2.53 bits per heavy atom. The first-order valence-electron chi connectivity index (χ1n) is 7.18. The molecule has 0 aromatic heterocycles. The summed E-state index contributed by atoms with van der Waals surface area (Å²) in [5.41, 5.74) is -0.861. The van der Waals surface area contributed by atoms with Gasteiger partial charge in [-0.25, -0.2) is 4.79 Å². The highest BCUT2D eigenvalue weighted by molar-refractivity contribution is 5.87. The van der Waals surface area contributed by atoms with E-state index < -0.39 is 5.54 Å². The van der Waals surface area contributed by atoms with Gasteiger partial charge in [-0.1, -0.05) is 13.8 Å². The van der Waals surface area contributed by atoms with Crippen LogP contribution < -0.4 is 10.6 Å². The average molecular weight is 270 g/mol. The first kappa shape index (κ1) is 16.0. The van der Waals surface area contributed by atoms with Crippen molar-refractivity contribution < 1.29 is 14.3 Å². The van der Waals surface area contributed by atoms with Crippen molar-refractivity contribution in [3.63, 3.8) is 0 Å². The highest BCUT2D eigenvalue weighted by Gasteiger charge is 2.37. The standard InChI is InChI=1S/C14H26N2O3/c1-4-14(5-2,13(18)19-3)16-12(17)7-6-11-8-9-15-10-11/h11,15H,4-10H2,1-3H3,(H,16,17). The molecule has 1 heterocycles. The quantitative estimate of drug-likeness (QED) is 0.683. The number of carbonyl (C=O) groups excluding carboxylic acids is 2. The van der Waals surface area contributed by atoms with Crippen LogP contribution in [0.1, 0.15) is 46.0 Å². The van der Waals surface area contributed by atoms with Crippen LogP contribution in [-0.4, -0.2) is 37.6 Å². The summed E-state index contributed by atoms with van der Waals surface area (Å²) >= 11 is 0. The molecular formula is C14H26N2O3. The zero-order chi connectivity index (χ0) is 14.3. The highest BCUT2D eigenvalue weighted by Crippen LogP contribution is 2.19. The van der Waals surface area contributed by atoms with Crippen molar-refractivity contribution in [3.8, 4) is 0 Å². The normalized spacial score (nSPS) is 19.2. The predicted molar refractivity (Wildman–Crippen MR) is 73.7 cm³/mol. The Kier molecular flexibility index (Phi) is 6.28. The van der Waals surface area contributed by atoms with Crippen LogP contribution in [0.2, 0.25) is 0 Å². The maximum atomic E-state index is 12.0. The number of hydrogen-bond donors (Lipinski definition) is 2. The molecule has 5 heteroatoms. The molecule has 1 rings (SSSR count). The molecule has 5 nitrogen and oxygen atoms in total. The van der Waals surface area contributed by atoms with Crippen molar-refractivity contribution in [2.24, 2.45) is 5.92 Å². The van der Waals surface area contributed by atoms with Crippen LogP contribution in [-0.2, 0) is 14.3 Å². The smallest absolute Gasteiger partial charge is 0.331 e. The molecule has 0 aromatic carbocycles. The fraction of sp³-hybridized carbons (Fsp3) is 0.857. The predicted octanol–water partition coefficient (Wildman–Crippen LogP) is 1.22. The molecule has 1 fully saturated rings. The lowest BCUT2D eigenvalue weighted by Gasteiger charge is -2.29. The number of amides is 1. The van der Waals surface area contributed by atoms with Gasteiger partial charge in [0.15, 0.2) is 0 Å². The van der Waals surface area contributed by atoms with E-state index in [9.17, 15) is 9.59 Å². The third kappa shape index (κ3) is 4.20. The third-order valence-corrected chi connectivity index (χ3v) is 4.10. The minimum Gasteiger partial charge on any atom is -0.467 e. The summed E-state index contributed by atoms with van der Waals surface area (Å²) in [5, 5.41) is 6.16. The van der Waals surface area contributed by atoms with Gasteiger partial charge in [0, 0.05) is 6.42 Å². The van der Waals surface area contributed by atoms with Gasteiger partial charge in [-0.2, -0.15) is 0 Å². The van der Waals surface area contributed by atoms with E-state index in [4.69, 9.17) is 4.74 Å². The lowest BCUT2D eigenvalue weighted by molar-refractivity contribution is -0.151. The molecule has 110 valence electrons. The molecule has 0 saturated carbocycles. The topological polar surface area (TPSA) is 67.4 Å². The van der Waals surface area contributed by atoms with Crippen LogP contribution in [0.15, 0.2) is 0 Å². The van der Waals surface area contributed by atoms with Crippen molar-refractivity contribution in [1.29, 1.82) is 0 Å². The van der Waals surface area contributed by atoms with Gasteiger partial charge in [0.25, 0.3) is 0 Å². The molecular weight excluding hydrogens is 244 g/mol. The van der Waals surface area contributed by atoms with Gasteiger partial charge in [0.05, 0.1) is 7.11 Å². The molecule has 19 heavy (non-hydrogen) atoms.